The fourth-order valence-electron chi connectivity index (χ4n) is 1.39. The van der Waals surface area contributed by atoms with E-state index >= 15 is 0 Å². The molecule has 0 spiro atoms. The molecule has 0 atom stereocenters. The monoisotopic (exact) mass is 296 g/mol. The van der Waals surface area contributed by atoms with Crippen LogP contribution in [-0.4, -0.2) is 11.7 Å². The summed E-state index contributed by atoms with van der Waals surface area (Å²) in [5.74, 6) is 5.45. The maximum atomic E-state index is 12.9. The molecule has 98 valence electrons. The van der Waals surface area contributed by atoms with Crippen molar-refractivity contribution in [2.75, 3.05) is 6.61 Å². The molecule has 0 bridgehead atoms. The number of ether oxygens (including phenoxy) is 1. The lowest BCUT2D eigenvalue weighted by atomic mass is 10.3. The van der Waals surface area contributed by atoms with Crippen molar-refractivity contribution in [1.82, 2.24) is 0 Å². The maximum absolute atomic E-state index is 12.9. The topological polar surface area (TPSA) is 29.5 Å². The Balaban J connectivity index is 2.00. The highest BCUT2D eigenvalue weighted by Gasteiger charge is 2.04. The van der Waals surface area contributed by atoms with Gasteiger partial charge in [-0.3, -0.25) is 0 Å². The molecule has 0 aliphatic carbocycles. The summed E-state index contributed by atoms with van der Waals surface area (Å²) in [7, 11) is 0. The average Bonchev–Trinajstić information content (AvgIpc) is 2.83. The van der Waals surface area contributed by atoms with E-state index in [0.717, 1.165) is 9.75 Å². The number of halogens is 2. The van der Waals surface area contributed by atoms with Crippen LogP contribution in [0.4, 0.5) is 4.39 Å². The van der Waals surface area contributed by atoms with Crippen LogP contribution in [0.5, 0.6) is 5.75 Å². The van der Waals surface area contributed by atoms with Gasteiger partial charge in [0, 0.05) is 4.88 Å². The summed E-state index contributed by atoms with van der Waals surface area (Å²) in [6, 6.07) is 7.76. The smallest absolute Gasteiger partial charge is 0.138 e. The minimum atomic E-state index is -0.393. The van der Waals surface area contributed by atoms with Crippen molar-refractivity contribution in [1.29, 1.82) is 0 Å². The summed E-state index contributed by atoms with van der Waals surface area (Å²) < 4.78 is 18.4. The molecule has 2 rings (SSSR count). The van der Waals surface area contributed by atoms with E-state index in [-0.39, 0.29) is 11.6 Å². The van der Waals surface area contributed by atoms with E-state index < -0.39 is 5.82 Å². The van der Waals surface area contributed by atoms with Crippen LogP contribution in [0.2, 0.25) is 5.02 Å². The molecule has 1 N–H and O–H groups in total. The molecule has 0 saturated carbocycles. The molecule has 1 aromatic heterocycles. The Morgan fingerprint density at radius 3 is 2.89 bits per heavy atom. The third-order valence-electron chi connectivity index (χ3n) is 2.22. The predicted octanol–water partition coefficient (Wildman–Crippen LogP) is 3.46. The van der Waals surface area contributed by atoms with Crippen LogP contribution >= 0.6 is 22.9 Å². The van der Waals surface area contributed by atoms with Gasteiger partial charge in [-0.1, -0.05) is 23.4 Å². The minimum Gasteiger partial charge on any atom is -0.487 e. The number of thiophene rings is 1. The van der Waals surface area contributed by atoms with Gasteiger partial charge in [-0.25, -0.2) is 4.39 Å². The predicted molar refractivity (Wildman–Crippen MR) is 74.0 cm³/mol. The molecule has 19 heavy (non-hydrogen) atoms. The number of benzene rings is 1. The summed E-state index contributed by atoms with van der Waals surface area (Å²) in [4.78, 5) is 1.83. The van der Waals surface area contributed by atoms with Crippen molar-refractivity contribution in [3.63, 3.8) is 0 Å². The Bertz CT molecular complexity index is 628. The summed E-state index contributed by atoms with van der Waals surface area (Å²) in [6.07, 6.45) is 0. The summed E-state index contributed by atoms with van der Waals surface area (Å²) >= 11 is 7.33. The molecule has 1 heterocycles. The van der Waals surface area contributed by atoms with Gasteiger partial charge in [0.2, 0.25) is 0 Å². The number of aliphatic hydroxyl groups excluding tert-OH is 1. The van der Waals surface area contributed by atoms with Gasteiger partial charge in [0.05, 0.1) is 9.90 Å². The van der Waals surface area contributed by atoms with E-state index in [0.29, 0.717) is 12.4 Å². The van der Waals surface area contributed by atoms with Gasteiger partial charge in [0.1, 0.15) is 24.8 Å². The molecule has 0 aliphatic heterocycles. The lowest BCUT2D eigenvalue weighted by molar-refractivity contribution is 0.309. The van der Waals surface area contributed by atoms with Crippen molar-refractivity contribution in [2.45, 2.75) is 6.61 Å². The second kappa shape index (κ2) is 6.58. The van der Waals surface area contributed by atoms with Crippen molar-refractivity contribution < 1.29 is 14.2 Å². The first-order chi connectivity index (χ1) is 9.19. The Kier molecular flexibility index (Phi) is 4.80. The number of aliphatic hydroxyl groups is 1. The van der Waals surface area contributed by atoms with Crippen LogP contribution in [0.1, 0.15) is 9.75 Å². The molecule has 0 radical (unpaired) electrons. The molecule has 0 saturated heterocycles. The first kappa shape index (κ1) is 13.9. The summed E-state index contributed by atoms with van der Waals surface area (Å²) in [5.41, 5.74) is 0. The van der Waals surface area contributed by atoms with Crippen LogP contribution in [0.25, 0.3) is 0 Å². The third-order valence-corrected chi connectivity index (χ3v) is 3.49. The van der Waals surface area contributed by atoms with E-state index in [9.17, 15) is 4.39 Å². The lowest BCUT2D eigenvalue weighted by Crippen LogP contribution is -1.93. The lowest BCUT2D eigenvalue weighted by Gasteiger charge is -2.06. The molecule has 0 fully saturated rings. The molecule has 0 aliphatic rings. The minimum absolute atomic E-state index is 0.158. The second-order valence-corrected chi connectivity index (χ2v) is 5.16. The van der Waals surface area contributed by atoms with Crippen LogP contribution in [0.15, 0.2) is 30.3 Å². The van der Waals surface area contributed by atoms with Crippen molar-refractivity contribution in [3.05, 3.63) is 50.9 Å². The van der Waals surface area contributed by atoms with Crippen LogP contribution in [-0.2, 0) is 6.61 Å². The van der Waals surface area contributed by atoms with Crippen LogP contribution in [0, 0.1) is 17.7 Å². The normalized spacial score (nSPS) is 9.84. The Morgan fingerprint density at radius 2 is 2.16 bits per heavy atom. The fraction of sp³-hybridized carbons (Fsp3) is 0.143. The van der Waals surface area contributed by atoms with E-state index in [1.54, 1.807) is 0 Å². The molecule has 2 aromatic rings. The van der Waals surface area contributed by atoms with Gasteiger partial charge < -0.3 is 9.84 Å². The van der Waals surface area contributed by atoms with Gasteiger partial charge in [-0.05, 0) is 30.3 Å². The van der Waals surface area contributed by atoms with Crippen molar-refractivity contribution in [3.8, 4) is 17.6 Å². The number of rotatable bonds is 3. The van der Waals surface area contributed by atoms with Gasteiger partial charge in [-0.2, -0.15) is 0 Å². The molecule has 5 heteroatoms. The number of hydrogen-bond acceptors (Lipinski definition) is 3. The van der Waals surface area contributed by atoms with E-state index in [2.05, 4.69) is 11.8 Å². The Morgan fingerprint density at radius 1 is 1.32 bits per heavy atom. The van der Waals surface area contributed by atoms with Crippen molar-refractivity contribution in [2.24, 2.45) is 0 Å². The van der Waals surface area contributed by atoms with Crippen molar-refractivity contribution >= 4 is 22.9 Å². The number of hydrogen-bond donors (Lipinski definition) is 1. The van der Waals surface area contributed by atoms with E-state index in [1.807, 2.05) is 12.1 Å². The standard InChI is InChI=1S/C14H10ClFO2S/c15-13-8-10(16)3-6-14(13)18-9-12-5-4-11(19-12)2-1-7-17/h3-6,8,17H,7,9H2. The second-order valence-electron chi connectivity index (χ2n) is 3.59. The van der Waals surface area contributed by atoms with Gasteiger partial charge >= 0.3 is 0 Å². The fourth-order valence-corrected chi connectivity index (χ4v) is 2.41. The largest absolute Gasteiger partial charge is 0.487 e. The molecular formula is C14H10ClFO2S. The van der Waals surface area contributed by atoms with Crippen LogP contribution in [0.3, 0.4) is 0 Å². The molecule has 1 aromatic carbocycles. The average molecular weight is 297 g/mol. The quantitative estimate of drug-likeness (QED) is 0.879. The molecule has 0 unspecified atom stereocenters. The molecule has 0 amide bonds. The highest BCUT2D eigenvalue weighted by atomic mass is 35.5. The van der Waals surface area contributed by atoms with Crippen LogP contribution < -0.4 is 4.74 Å². The first-order valence-corrected chi connectivity index (χ1v) is 6.65. The first-order valence-electron chi connectivity index (χ1n) is 5.45. The SMILES string of the molecule is OCC#Cc1ccc(COc2ccc(F)cc2Cl)s1. The van der Waals surface area contributed by atoms with Gasteiger partial charge in [0.25, 0.3) is 0 Å². The maximum Gasteiger partial charge on any atom is 0.138 e. The summed E-state index contributed by atoms with van der Waals surface area (Å²) in [6.45, 7) is 0.186. The highest BCUT2D eigenvalue weighted by Crippen LogP contribution is 2.26. The Hall–Kier alpha value is -1.54. The van der Waals surface area contributed by atoms with Gasteiger partial charge in [-0.15, -0.1) is 11.3 Å². The Labute approximate surface area is 119 Å². The van der Waals surface area contributed by atoms with E-state index in [4.69, 9.17) is 21.4 Å². The summed E-state index contributed by atoms with van der Waals surface area (Å²) in [5, 5.41) is 8.85. The van der Waals surface area contributed by atoms with E-state index in [1.165, 1.54) is 29.5 Å². The molecule has 2 nitrogen and oxygen atoms in total. The zero-order valence-corrected chi connectivity index (χ0v) is 11.4. The molecular weight excluding hydrogens is 287 g/mol. The highest BCUT2D eigenvalue weighted by molar-refractivity contribution is 7.12. The zero-order valence-electron chi connectivity index (χ0n) is 9.82. The van der Waals surface area contributed by atoms with Gasteiger partial charge in [0.15, 0.2) is 0 Å². The third kappa shape index (κ3) is 3.97. The zero-order chi connectivity index (χ0) is 13.7.